The van der Waals surface area contributed by atoms with Gasteiger partial charge >= 0.3 is 0 Å². The molecule has 0 aromatic heterocycles. The van der Waals surface area contributed by atoms with Gasteiger partial charge in [-0.2, -0.15) is 0 Å². The van der Waals surface area contributed by atoms with Crippen LogP contribution < -0.4 is 0 Å². The molecule has 0 spiro atoms. The zero-order chi connectivity index (χ0) is 16.2. The maximum Gasteiger partial charge on any atom is 0.134 e. The number of terminal acetylenes is 1. The van der Waals surface area contributed by atoms with Crippen LogP contribution in [0.1, 0.15) is 45.4 Å². The summed E-state index contributed by atoms with van der Waals surface area (Å²) in [5.41, 5.74) is 3.66. The van der Waals surface area contributed by atoms with Crippen molar-refractivity contribution in [1.29, 1.82) is 0 Å². The van der Waals surface area contributed by atoms with Gasteiger partial charge in [-0.15, -0.1) is 6.42 Å². The number of allylic oxidation sites excluding steroid dienone is 5. The van der Waals surface area contributed by atoms with Crippen molar-refractivity contribution in [2.45, 2.75) is 51.0 Å². The number of oxime groups is 1. The predicted molar refractivity (Wildman–Crippen MR) is 90.0 cm³/mol. The van der Waals surface area contributed by atoms with E-state index in [1.165, 1.54) is 16.7 Å². The smallest absolute Gasteiger partial charge is 0.134 e. The van der Waals surface area contributed by atoms with Crippen molar-refractivity contribution in [3.8, 4) is 12.3 Å². The predicted octanol–water partition coefficient (Wildman–Crippen LogP) is 3.59. The molecule has 23 heavy (non-hydrogen) atoms. The van der Waals surface area contributed by atoms with Crippen molar-refractivity contribution in [2.75, 3.05) is 0 Å². The fourth-order valence-electron chi connectivity index (χ4n) is 5.35. The van der Waals surface area contributed by atoms with E-state index in [1.54, 1.807) is 0 Å². The summed E-state index contributed by atoms with van der Waals surface area (Å²) in [7, 11) is 0. The summed E-state index contributed by atoms with van der Waals surface area (Å²) in [6.07, 6.45) is 17.7. The second-order valence-electron chi connectivity index (χ2n) is 7.61. The maximum absolute atomic E-state index is 10.9. The first kappa shape index (κ1) is 14.8. The molecule has 1 fully saturated rings. The molecule has 0 amide bonds. The number of hydrogen-bond acceptors (Lipinski definition) is 3. The van der Waals surface area contributed by atoms with Gasteiger partial charge in [0.2, 0.25) is 0 Å². The van der Waals surface area contributed by atoms with E-state index < -0.39 is 5.60 Å². The third kappa shape index (κ3) is 1.85. The topological polar surface area (TPSA) is 52.8 Å². The van der Waals surface area contributed by atoms with Crippen molar-refractivity contribution >= 4 is 5.71 Å². The van der Waals surface area contributed by atoms with E-state index in [0.717, 1.165) is 37.8 Å². The van der Waals surface area contributed by atoms with Crippen LogP contribution in [-0.2, 0) is 0 Å². The molecule has 4 aliphatic rings. The van der Waals surface area contributed by atoms with Gasteiger partial charge in [0, 0.05) is 5.41 Å². The quantitative estimate of drug-likeness (QED) is 0.408. The van der Waals surface area contributed by atoms with Crippen molar-refractivity contribution in [3.63, 3.8) is 0 Å². The van der Waals surface area contributed by atoms with E-state index in [0.29, 0.717) is 18.3 Å². The van der Waals surface area contributed by atoms with Gasteiger partial charge in [0.1, 0.15) is 5.60 Å². The second kappa shape index (κ2) is 4.85. The molecule has 0 aromatic carbocycles. The molecule has 0 aliphatic heterocycles. The Morgan fingerprint density at radius 1 is 1.30 bits per heavy atom. The monoisotopic (exact) mass is 309 g/mol. The highest BCUT2D eigenvalue weighted by molar-refractivity contribution is 5.97. The molecule has 120 valence electrons. The van der Waals surface area contributed by atoms with Crippen LogP contribution in [0.4, 0.5) is 0 Å². The van der Waals surface area contributed by atoms with Gasteiger partial charge in [-0.3, -0.25) is 0 Å². The van der Waals surface area contributed by atoms with Crippen LogP contribution in [0.15, 0.2) is 40.1 Å². The van der Waals surface area contributed by atoms with Crippen LogP contribution in [0, 0.1) is 29.6 Å². The van der Waals surface area contributed by atoms with Crippen LogP contribution in [0.5, 0.6) is 0 Å². The first-order valence-corrected chi connectivity index (χ1v) is 8.57. The van der Waals surface area contributed by atoms with E-state index in [9.17, 15) is 5.11 Å². The Kier molecular flexibility index (Phi) is 3.12. The normalized spacial score (nSPS) is 43.5. The van der Waals surface area contributed by atoms with Gasteiger partial charge in [0.05, 0.1) is 5.71 Å². The molecule has 0 aromatic rings. The molecule has 4 aliphatic carbocycles. The Hall–Kier alpha value is -1.79. The van der Waals surface area contributed by atoms with Gasteiger partial charge in [0.15, 0.2) is 0 Å². The molecule has 4 atom stereocenters. The summed E-state index contributed by atoms with van der Waals surface area (Å²) in [6, 6.07) is 0. The zero-order valence-corrected chi connectivity index (χ0v) is 13.5. The molecule has 1 saturated carbocycles. The van der Waals surface area contributed by atoms with Gasteiger partial charge in [-0.05, 0) is 73.2 Å². The van der Waals surface area contributed by atoms with E-state index >= 15 is 0 Å². The van der Waals surface area contributed by atoms with Crippen molar-refractivity contribution in [3.05, 3.63) is 34.9 Å². The number of aliphatic hydroxyl groups is 1. The summed E-state index contributed by atoms with van der Waals surface area (Å²) in [5, 5.41) is 23.3. The first-order valence-electron chi connectivity index (χ1n) is 8.57. The lowest BCUT2D eigenvalue weighted by Crippen LogP contribution is -2.46. The van der Waals surface area contributed by atoms with Gasteiger partial charge in [-0.25, -0.2) is 0 Å². The van der Waals surface area contributed by atoms with E-state index in [1.807, 2.05) is 0 Å². The fourth-order valence-corrected chi connectivity index (χ4v) is 5.35. The largest absolute Gasteiger partial charge is 0.411 e. The Morgan fingerprint density at radius 2 is 2.13 bits per heavy atom. The second-order valence-corrected chi connectivity index (χ2v) is 7.61. The van der Waals surface area contributed by atoms with Crippen LogP contribution in [0.3, 0.4) is 0 Å². The lowest BCUT2D eigenvalue weighted by Gasteiger charge is -2.47. The van der Waals surface area contributed by atoms with Crippen molar-refractivity contribution in [1.82, 2.24) is 0 Å². The summed E-state index contributed by atoms with van der Waals surface area (Å²) >= 11 is 0. The minimum Gasteiger partial charge on any atom is -0.411 e. The van der Waals surface area contributed by atoms with Crippen LogP contribution in [0.25, 0.3) is 0 Å². The highest BCUT2D eigenvalue weighted by Crippen LogP contribution is 2.60. The number of rotatable bonds is 0. The summed E-state index contributed by atoms with van der Waals surface area (Å²) in [5.74, 6) is 3.59. The third-order valence-corrected chi connectivity index (χ3v) is 6.77. The fraction of sp³-hybridized carbons (Fsp3) is 0.550. The van der Waals surface area contributed by atoms with Crippen molar-refractivity contribution < 1.29 is 10.3 Å². The van der Waals surface area contributed by atoms with Crippen LogP contribution in [-0.4, -0.2) is 21.6 Å². The average molecular weight is 309 g/mol. The molecule has 3 heteroatoms. The maximum atomic E-state index is 10.9. The molecule has 3 nitrogen and oxygen atoms in total. The Balaban J connectivity index is 1.81. The minimum atomic E-state index is -1.01. The SMILES string of the molecule is C#CC1(O)CC[C@H]2[C@@H]3CCC4=C/C(=N\O)CCC4=C3C=C[C@@]21C. The average Bonchev–Trinajstić information content (AvgIpc) is 2.86. The van der Waals surface area contributed by atoms with E-state index in [-0.39, 0.29) is 5.41 Å². The van der Waals surface area contributed by atoms with Gasteiger partial charge < -0.3 is 10.3 Å². The van der Waals surface area contributed by atoms with Crippen LogP contribution >= 0.6 is 0 Å². The Labute approximate surface area is 137 Å². The Morgan fingerprint density at radius 3 is 2.87 bits per heavy atom. The Bertz CT molecular complexity index is 720. The third-order valence-electron chi connectivity index (χ3n) is 6.77. The highest BCUT2D eigenvalue weighted by Gasteiger charge is 2.58. The van der Waals surface area contributed by atoms with E-state index in [4.69, 9.17) is 11.6 Å². The van der Waals surface area contributed by atoms with E-state index in [2.05, 4.69) is 36.2 Å². The molecular weight excluding hydrogens is 286 g/mol. The molecular formula is C20H23NO2. The molecule has 2 N–H and O–H groups in total. The summed E-state index contributed by atoms with van der Waals surface area (Å²) in [4.78, 5) is 0. The molecule has 0 radical (unpaired) electrons. The van der Waals surface area contributed by atoms with Crippen LogP contribution in [0.2, 0.25) is 0 Å². The molecule has 0 heterocycles. The number of hydrogen-bond donors (Lipinski definition) is 2. The lowest BCUT2D eigenvalue weighted by molar-refractivity contribution is -0.000325. The van der Waals surface area contributed by atoms with Crippen molar-refractivity contribution in [2.24, 2.45) is 22.4 Å². The standard InChI is InChI=1S/C20H23NO2/c1-3-20(22)11-9-18-17-6-4-13-12-14(21-23)5-7-15(13)16(17)8-10-19(18,20)2/h1,8,10,12,17-18,22-23H,4-7,9,11H2,2H3/b21-14-/t17-,18+,19+,20?/m1/s1. The molecule has 0 bridgehead atoms. The molecule has 1 unspecified atom stereocenters. The lowest BCUT2D eigenvalue weighted by atomic mass is 9.58. The molecule has 0 saturated heterocycles. The van der Waals surface area contributed by atoms with Gasteiger partial charge in [0.25, 0.3) is 0 Å². The highest BCUT2D eigenvalue weighted by atomic mass is 16.4. The summed E-state index contributed by atoms with van der Waals surface area (Å²) < 4.78 is 0. The molecule has 4 rings (SSSR count). The zero-order valence-electron chi connectivity index (χ0n) is 13.5. The number of fused-ring (bicyclic) bond motifs is 4. The summed E-state index contributed by atoms with van der Waals surface area (Å²) in [6.45, 7) is 2.13. The first-order chi connectivity index (χ1) is 11.0. The van der Waals surface area contributed by atoms with Gasteiger partial charge in [-0.1, -0.05) is 30.2 Å². The number of nitrogens with zero attached hydrogens (tertiary/aromatic N) is 1. The minimum absolute atomic E-state index is 0.315.